The zero-order valence-electron chi connectivity index (χ0n) is 20.0. The van der Waals surface area contributed by atoms with Crippen LogP contribution in [0.2, 0.25) is 0 Å². The molecule has 0 radical (unpaired) electrons. The van der Waals surface area contributed by atoms with Crippen LogP contribution < -0.4 is 9.46 Å². The number of aromatic nitrogens is 2. The molecule has 2 aliphatic rings. The van der Waals surface area contributed by atoms with E-state index < -0.39 is 0 Å². The number of fused-ring (bicyclic) bond motifs is 9. The van der Waals surface area contributed by atoms with Gasteiger partial charge in [0.05, 0.1) is 5.69 Å². The van der Waals surface area contributed by atoms with Crippen LogP contribution in [0.5, 0.6) is 5.88 Å². The highest BCUT2D eigenvalue weighted by Gasteiger charge is 2.25. The van der Waals surface area contributed by atoms with Crippen molar-refractivity contribution in [1.29, 1.82) is 0 Å². The average molecular weight is 481 g/mol. The minimum atomic E-state index is -0.0632. The molecule has 0 saturated carbocycles. The van der Waals surface area contributed by atoms with Crippen LogP contribution in [-0.2, 0) is 13.1 Å². The molecule has 4 aromatic rings. The van der Waals surface area contributed by atoms with Crippen molar-refractivity contribution in [2.75, 3.05) is 11.3 Å². The second kappa shape index (κ2) is 9.36. The standard InChI is InChI=1S/C29H28N4OS/c1-19-7-5-8-20(2)28(19)25-16-27-31-29(30-25)32-35-23-11-6-9-21(15-23)17-33-14-13-26(34-27)24-12-4-3-10-22(24)18-33/h3-12,15-16,26H,13-14,17-18H2,1-2H3,(H,30,31,32). The lowest BCUT2D eigenvalue weighted by molar-refractivity contribution is 0.166. The van der Waals surface area contributed by atoms with E-state index in [0.29, 0.717) is 11.8 Å². The number of anilines is 1. The molecule has 176 valence electrons. The van der Waals surface area contributed by atoms with Gasteiger partial charge in [0.1, 0.15) is 6.10 Å². The van der Waals surface area contributed by atoms with Gasteiger partial charge in [-0.3, -0.25) is 9.62 Å². The Bertz CT molecular complexity index is 1370. The molecule has 6 rings (SSSR count). The Morgan fingerprint density at radius 1 is 0.914 bits per heavy atom. The fourth-order valence-corrected chi connectivity index (χ4v) is 5.78. The first-order valence-electron chi connectivity index (χ1n) is 12.1. The second-order valence-corrected chi connectivity index (χ2v) is 10.2. The zero-order chi connectivity index (χ0) is 23.8. The lowest BCUT2D eigenvalue weighted by Crippen LogP contribution is -2.23. The number of rotatable bonds is 1. The van der Waals surface area contributed by atoms with Crippen LogP contribution in [0.3, 0.4) is 0 Å². The van der Waals surface area contributed by atoms with Crippen molar-refractivity contribution in [3.05, 3.63) is 101 Å². The van der Waals surface area contributed by atoms with Crippen LogP contribution >= 0.6 is 11.9 Å². The third-order valence-electron chi connectivity index (χ3n) is 6.77. The van der Waals surface area contributed by atoms with Gasteiger partial charge in [0.2, 0.25) is 11.8 Å². The SMILES string of the molecule is Cc1cccc(C)c1-c1cc2nc(n1)NSc1cccc(c1)CN1CCC(O2)c2ccccc2C1. The van der Waals surface area contributed by atoms with Crippen molar-refractivity contribution in [2.45, 2.75) is 44.4 Å². The Kier molecular flexibility index (Phi) is 5.92. The van der Waals surface area contributed by atoms with E-state index in [-0.39, 0.29) is 6.10 Å². The summed E-state index contributed by atoms with van der Waals surface area (Å²) in [4.78, 5) is 13.3. The van der Waals surface area contributed by atoms with Crippen LogP contribution in [0.25, 0.3) is 11.3 Å². The van der Waals surface area contributed by atoms with E-state index in [1.54, 1.807) is 0 Å². The highest BCUT2D eigenvalue weighted by Crippen LogP contribution is 2.35. The summed E-state index contributed by atoms with van der Waals surface area (Å²) in [6.45, 7) is 7.03. The normalized spacial score (nSPS) is 19.0. The monoisotopic (exact) mass is 480 g/mol. The molecule has 0 aliphatic carbocycles. The lowest BCUT2D eigenvalue weighted by Gasteiger charge is -2.22. The number of ether oxygens (including phenoxy) is 1. The second-order valence-electron chi connectivity index (χ2n) is 9.34. The number of nitrogens with zero attached hydrogens (tertiary/aromatic N) is 3. The first-order chi connectivity index (χ1) is 17.1. The third-order valence-corrected chi connectivity index (χ3v) is 7.55. The van der Waals surface area contributed by atoms with E-state index in [0.717, 1.165) is 42.2 Å². The van der Waals surface area contributed by atoms with Crippen molar-refractivity contribution >= 4 is 17.9 Å². The quantitative estimate of drug-likeness (QED) is 0.305. The summed E-state index contributed by atoms with van der Waals surface area (Å²) in [5.41, 5.74) is 8.24. The number of aryl methyl sites for hydroxylation is 2. The Morgan fingerprint density at radius 3 is 2.63 bits per heavy atom. The van der Waals surface area contributed by atoms with Crippen molar-refractivity contribution in [3.8, 4) is 17.1 Å². The Labute approximate surface area is 210 Å². The Hall–Kier alpha value is -3.35. The van der Waals surface area contributed by atoms with E-state index in [2.05, 4.69) is 90.2 Å². The molecular formula is C29H28N4OS. The molecule has 1 N–H and O–H groups in total. The number of hydrogen-bond donors (Lipinski definition) is 1. The molecule has 0 amide bonds. The minimum absolute atomic E-state index is 0.0632. The fraction of sp³-hybridized carbons (Fsp3) is 0.241. The third kappa shape index (κ3) is 4.64. The molecule has 1 aromatic heterocycles. The molecule has 3 aromatic carbocycles. The molecule has 2 unspecified atom stereocenters. The van der Waals surface area contributed by atoms with E-state index in [1.807, 2.05) is 6.07 Å². The molecule has 0 spiro atoms. The Morgan fingerprint density at radius 2 is 1.74 bits per heavy atom. The maximum atomic E-state index is 6.66. The van der Waals surface area contributed by atoms with Gasteiger partial charge in [-0.05, 0) is 65.7 Å². The van der Waals surface area contributed by atoms with Crippen LogP contribution in [0.4, 0.5) is 5.95 Å². The predicted molar refractivity (Wildman–Crippen MR) is 141 cm³/mol. The van der Waals surface area contributed by atoms with E-state index >= 15 is 0 Å². The Balaban J connectivity index is 1.49. The van der Waals surface area contributed by atoms with Crippen molar-refractivity contribution in [1.82, 2.24) is 14.9 Å². The highest BCUT2D eigenvalue weighted by molar-refractivity contribution is 8.00. The summed E-state index contributed by atoms with van der Waals surface area (Å²) in [7, 11) is 0. The van der Waals surface area contributed by atoms with Crippen LogP contribution in [-0.4, -0.2) is 21.4 Å². The minimum Gasteiger partial charge on any atom is -0.469 e. The summed E-state index contributed by atoms with van der Waals surface area (Å²) in [6, 6.07) is 25.7. The summed E-state index contributed by atoms with van der Waals surface area (Å²) >= 11 is 1.53. The van der Waals surface area contributed by atoms with E-state index in [4.69, 9.17) is 14.7 Å². The number of hydrogen-bond acceptors (Lipinski definition) is 6. The van der Waals surface area contributed by atoms with Crippen LogP contribution in [0.15, 0.2) is 77.7 Å². The first-order valence-corrected chi connectivity index (χ1v) is 12.9. The molecule has 6 heteroatoms. The molecule has 35 heavy (non-hydrogen) atoms. The topological polar surface area (TPSA) is 50.3 Å². The van der Waals surface area contributed by atoms with E-state index in [9.17, 15) is 0 Å². The smallest absolute Gasteiger partial charge is 0.237 e. The summed E-state index contributed by atoms with van der Waals surface area (Å²) in [5.74, 6) is 1.15. The van der Waals surface area contributed by atoms with Gasteiger partial charge in [0.15, 0.2) is 0 Å². The van der Waals surface area contributed by atoms with Crippen LogP contribution in [0, 0.1) is 13.8 Å². The van der Waals surface area contributed by atoms with Gasteiger partial charge in [-0.25, -0.2) is 4.98 Å². The van der Waals surface area contributed by atoms with Gasteiger partial charge < -0.3 is 4.74 Å². The predicted octanol–water partition coefficient (Wildman–Crippen LogP) is 6.72. The number of benzene rings is 3. The summed E-state index contributed by atoms with van der Waals surface area (Å²) in [5, 5.41) is 0. The maximum absolute atomic E-state index is 6.66. The molecule has 0 saturated heterocycles. The molecule has 5 nitrogen and oxygen atoms in total. The molecule has 0 fully saturated rings. The van der Waals surface area contributed by atoms with Gasteiger partial charge in [-0.2, -0.15) is 4.98 Å². The lowest BCUT2D eigenvalue weighted by atomic mass is 10.00. The van der Waals surface area contributed by atoms with Gasteiger partial charge >= 0.3 is 0 Å². The van der Waals surface area contributed by atoms with Gasteiger partial charge in [-0.15, -0.1) is 0 Å². The number of nitrogens with one attached hydrogen (secondary N) is 1. The molecule has 6 bridgehead atoms. The zero-order valence-corrected chi connectivity index (χ0v) is 20.8. The largest absolute Gasteiger partial charge is 0.469 e. The van der Waals surface area contributed by atoms with Crippen molar-refractivity contribution in [2.24, 2.45) is 0 Å². The average Bonchev–Trinajstić information content (AvgIpc) is 3.02. The fourth-order valence-electron chi connectivity index (χ4n) is 5.12. The molecular weight excluding hydrogens is 452 g/mol. The van der Waals surface area contributed by atoms with Crippen LogP contribution in [0.1, 0.15) is 40.3 Å². The molecule has 2 aliphatic heterocycles. The van der Waals surface area contributed by atoms with Gasteiger partial charge in [0.25, 0.3) is 0 Å². The van der Waals surface area contributed by atoms with E-state index in [1.165, 1.54) is 39.8 Å². The first kappa shape index (κ1) is 22.1. The van der Waals surface area contributed by atoms with Gasteiger partial charge in [-0.1, -0.05) is 54.6 Å². The maximum Gasteiger partial charge on any atom is 0.237 e. The van der Waals surface area contributed by atoms with Crippen molar-refractivity contribution < 1.29 is 4.74 Å². The van der Waals surface area contributed by atoms with Crippen molar-refractivity contribution in [3.63, 3.8) is 0 Å². The summed E-state index contributed by atoms with van der Waals surface area (Å²) < 4.78 is 10.0. The summed E-state index contributed by atoms with van der Waals surface area (Å²) in [6.07, 6.45) is 0.837. The van der Waals surface area contributed by atoms with Gasteiger partial charge in [0, 0.05) is 42.6 Å². The molecule has 3 heterocycles. The highest BCUT2D eigenvalue weighted by atomic mass is 32.2. The molecule has 2 atom stereocenters.